The molecule has 0 aliphatic rings. The Kier molecular flexibility index (Phi) is 12.5. The summed E-state index contributed by atoms with van der Waals surface area (Å²) in [5.74, 6) is -5.77. The molecule has 0 fully saturated rings. The van der Waals surface area contributed by atoms with Crippen LogP contribution in [0.2, 0.25) is 0 Å². The molecule has 7 N–H and O–H groups in total. The van der Waals surface area contributed by atoms with Crippen molar-refractivity contribution in [2.45, 2.75) is 85.0 Å². The van der Waals surface area contributed by atoms with Crippen LogP contribution < -0.4 is 21.7 Å². The summed E-state index contributed by atoms with van der Waals surface area (Å²) >= 11 is 0. The third kappa shape index (κ3) is 9.21. The lowest BCUT2D eigenvalue weighted by molar-refractivity contribution is -0.144. The molecule has 0 spiro atoms. The van der Waals surface area contributed by atoms with Crippen molar-refractivity contribution in [1.82, 2.24) is 16.0 Å². The van der Waals surface area contributed by atoms with Gasteiger partial charge in [-0.2, -0.15) is 0 Å². The SMILES string of the molecule is CCC(C)C(N)C(=O)NC(C(=O)NC(CC(=O)O)C(=O)NC(C(=O)O)C(C)CC)C(C)C. The third-order valence-corrected chi connectivity index (χ3v) is 5.60. The van der Waals surface area contributed by atoms with Crippen LogP contribution in [0.3, 0.4) is 0 Å². The molecule has 0 aromatic rings. The zero-order valence-electron chi connectivity index (χ0n) is 19.7. The summed E-state index contributed by atoms with van der Waals surface area (Å²) in [7, 11) is 0. The molecule has 11 heteroatoms. The van der Waals surface area contributed by atoms with Crippen molar-refractivity contribution >= 4 is 29.7 Å². The first-order chi connectivity index (χ1) is 14.8. The summed E-state index contributed by atoms with van der Waals surface area (Å²) in [4.78, 5) is 60.6. The van der Waals surface area contributed by atoms with Crippen LogP contribution in [0.15, 0.2) is 0 Å². The Labute approximate surface area is 188 Å². The molecule has 3 amide bonds. The number of hydrogen-bond donors (Lipinski definition) is 6. The number of carbonyl (C=O) groups excluding carboxylic acids is 3. The lowest BCUT2D eigenvalue weighted by Gasteiger charge is -2.28. The minimum atomic E-state index is -1.52. The number of carbonyl (C=O) groups is 5. The Bertz CT molecular complexity index is 683. The molecular formula is C21H38N4O7. The maximum Gasteiger partial charge on any atom is 0.326 e. The Balaban J connectivity index is 5.54. The average Bonchev–Trinajstić information content (AvgIpc) is 2.72. The Morgan fingerprint density at radius 1 is 0.750 bits per heavy atom. The van der Waals surface area contributed by atoms with Crippen molar-refractivity contribution in [3.8, 4) is 0 Å². The molecule has 0 aromatic carbocycles. The number of nitrogens with two attached hydrogens (primary N) is 1. The minimum Gasteiger partial charge on any atom is -0.481 e. The summed E-state index contributed by atoms with van der Waals surface area (Å²) in [6, 6.07) is -4.66. The molecule has 184 valence electrons. The van der Waals surface area contributed by atoms with E-state index in [9.17, 15) is 29.1 Å². The van der Waals surface area contributed by atoms with Gasteiger partial charge in [-0.3, -0.25) is 19.2 Å². The maximum absolute atomic E-state index is 12.8. The van der Waals surface area contributed by atoms with E-state index in [0.29, 0.717) is 12.8 Å². The smallest absolute Gasteiger partial charge is 0.326 e. The minimum absolute atomic E-state index is 0.120. The Hall–Kier alpha value is -2.69. The number of aliphatic carboxylic acids is 2. The predicted octanol–water partition coefficient (Wildman–Crippen LogP) is 0.0756. The van der Waals surface area contributed by atoms with Crippen LogP contribution in [0.25, 0.3) is 0 Å². The summed E-state index contributed by atoms with van der Waals surface area (Å²) < 4.78 is 0. The van der Waals surface area contributed by atoms with Crippen molar-refractivity contribution in [3.05, 3.63) is 0 Å². The molecule has 0 radical (unpaired) electrons. The van der Waals surface area contributed by atoms with Crippen molar-refractivity contribution < 1.29 is 34.2 Å². The van der Waals surface area contributed by atoms with Gasteiger partial charge in [0.05, 0.1) is 12.5 Å². The van der Waals surface area contributed by atoms with Crippen molar-refractivity contribution in [2.75, 3.05) is 0 Å². The van der Waals surface area contributed by atoms with Gasteiger partial charge in [0, 0.05) is 0 Å². The maximum atomic E-state index is 12.8. The van der Waals surface area contributed by atoms with Crippen LogP contribution in [0.5, 0.6) is 0 Å². The largest absolute Gasteiger partial charge is 0.481 e. The Morgan fingerprint density at radius 2 is 1.25 bits per heavy atom. The number of hydrogen-bond acceptors (Lipinski definition) is 6. The highest BCUT2D eigenvalue weighted by Gasteiger charge is 2.34. The van der Waals surface area contributed by atoms with Crippen molar-refractivity contribution in [2.24, 2.45) is 23.5 Å². The van der Waals surface area contributed by atoms with E-state index in [-0.39, 0.29) is 11.8 Å². The highest BCUT2D eigenvalue weighted by atomic mass is 16.4. The molecule has 0 aliphatic carbocycles. The van der Waals surface area contributed by atoms with Crippen molar-refractivity contribution in [3.63, 3.8) is 0 Å². The third-order valence-electron chi connectivity index (χ3n) is 5.60. The van der Waals surface area contributed by atoms with Crippen LogP contribution in [0, 0.1) is 17.8 Å². The monoisotopic (exact) mass is 458 g/mol. The molecule has 6 atom stereocenters. The van der Waals surface area contributed by atoms with E-state index in [1.165, 1.54) is 0 Å². The highest BCUT2D eigenvalue weighted by Crippen LogP contribution is 2.10. The molecule has 0 bridgehead atoms. The van der Waals surface area contributed by atoms with E-state index in [1.54, 1.807) is 34.6 Å². The summed E-state index contributed by atoms with van der Waals surface area (Å²) in [5, 5.41) is 25.7. The summed E-state index contributed by atoms with van der Waals surface area (Å²) in [6.45, 7) is 10.4. The summed E-state index contributed by atoms with van der Waals surface area (Å²) in [6.07, 6.45) is 0.371. The van der Waals surface area contributed by atoms with E-state index >= 15 is 0 Å². The second kappa shape index (κ2) is 13.7. The number of nitrogens with one attached hydrogen (secondary N) is 3. The fraction of sp³-hybridized carbons (Fsp3) is 0.762. The lowest BCUT2D eigenvalue weighted by atomic mass is 9.97. The quantitative estimate of drug-likeness (QED) is 0.211. The van der Waals surface area contributed by atoms with Crippen molar-refractivity contribution in [1.29, 1.82) is 0 Å². The molecular weight excluding hydrogens is 420 g/mol. The average molecular weight is 459 g/mol. The zero-order valence-corrected chi connectivity index (χ0v) is 19.7. The van der Waals surface area contributed by atoms with E-state index < -0.39 is 66.2 Å². The van der Waals surface area contributed by atoms with Gasteiger partial charge >= 0.3 is 11.9 Å². The van der Waals surface area contributed by atoms with Crippen LogP contribution in [-0.4, -0.2) is 64.0 Å². The number of amides is 3. The molecule has 0 aromatic heterocycles. The van der Waals surface area contributed by atoms with Gasteiger partial charge in [0.25, 0.3) is 0 Å². The topological polar surface area (TPSA) is 188 Å². The van der Waals surface area contributed by atoms with E-state index in [1.807, 2.05) is 6.92 Å². The van der Waals surface area contributed by atoms with Crippen LogP contribution in [0.4, 0.5) is 0 Å². The Morgan fingerprint density at radius 3 is 1.66 bits per heavy atom. The molecule has 0 saturated heterocycles. The van der Waals surface area contributed by atoms with Gasteiger partial charge in [-0.05, 0) is 17.8 Å². The first-order valence-electron chi connectivity index (χ1n) is 10.9. The normalized spacial score (nSPS) is 16.8. The number of rotatable bonds is 14. The second-order valence-corrected chi connectivity index (χ2v) is 8.51. The van der Waals surface area contributed by atoms with Gasteiger partial charge in [0.1, 0.15) is 18.1 Å². The van der Waals surface area contributed by atoms with Gasteiger partial charge in [-0.25, -0.2) is 4.79 Å². The van der Waals surface area contributed by atoms with Gasteiger partial charge in [0.2, 0.25) is 17.7 Å². The molecule has 0 heterocycles. The van der Waals surface area contributed by atoms with Gasteiger partial charge in [-0.15, -0.1) is 0 Å². The van der Waals surface area contributed by atoms with Crippen LogP contribution in [-0.2, 0) is 24.0 Å². The first-order valence-corrected chi connectivity index (χ1v) is 10.9. The van der Waals surface area contributed by atoms with E-state index in [2.05, 4.69) is 16.0 Å². The van der Waals surface area contributed by atoms with Crippen LogP contribution >= 0.6 is 0 Å². The van der Waals surface area contributed by atoms with Gasteiger partial charge < -0.3 is 31.9 Å². The molecule has 0 rings (SSSR count). The van der Waals surface area contributed by atoms with Crippen LogP contribution in [0.1, 0.15) is 60.8 Å². The fourth-order valence-electron chi connectivity index (χ4n) is 2.88. The van der Waals surface area contributed by atoms with Gasteiger partial charge in [0.15, 0.2) is 0 Å². The molecule has 6 unspecified atom stereocenters. The second-order valence-electron chi connectivity index (χ2n) is 8.51. The highest BCUT2D eigenvalue weighted by molar-refractivity contribution is 5.95. The fourth-order valence-corrected chi connectivity index (χ4v) is 2.88. The van der Waals surface area contributed by atoms with Gasteiger partial charge in [-0.1, -0.05) is 54.4 Å². The standard InChI is InChI=1S/C21H38N4O7/c1-7-11(5)15(22)19(29)24-16(10(3)4)20(30)23-13(9-14(26)27)18(28)25-17(21(31)32)12(6)8-2/h10-13,15-17H,7-9,22H2,1-6H3,(H,23,30)(H,24,29)(H,25,28)(H,26,27)(H,31,32). The molecule has 32 heavy (non-hydrogen) atoms. The molecule has 0 saturated carbocycles. The van der Waals surface area contributed by atoms with E-state index in [0.717, 1.165) is 0 Å². The molecule has 11 nitrogen and oxygen atoms in total. The first kappa shape index (κ1) is 29.3. The number of carboxylic acids is 2. The predicted molar refractivity (Wildman–Crippen MR) is 117 cm³/mol. The lowest BCUT2D eigenvalue weighted by Crippen LogP contribution is -2.59. The number of carboxylic acid groups (broad SMARTS) is 2. The van der Waals surface area contributed by atoms with E-state index in [4.69, 9.17) is 10.8 Å². The molecule has 0 aliphatic heterocycles. The zero-order chi connectivity index (χ0) is 25.2. The summed E-state index contributed by atoms with van der Waals surface area (Å²) in [5.41, 5.74) is 5.92.